The molecule has 0 bridgehead atoms. The molecule has 0 atom stereocenters. The minimum absolute atomic E-state index is 0.196. The fraction of sp³-hybridized carbons (Fsp3) is 0.269. The lowest BCUT2D eigenvalue weighted by Crippen LogP contribution is -2.09. The van der Waals surface area contributed by atoms with Gasteiger partial charge in [0, 0.05) is 28.3 Å². The first kappa shape index (κ1) is 20.5. The Hall–Kier alpha value is -3.41. The number of benzene rings is 2. The Labute approximate surface area is 186 Å². The highest BCUT2D eigenvalue weighted by molar-refractivity contribution is 5.75. The number of alkyl halides is 2. The number of hydrogen-bond donors (Lipinski definition) is 0. The van der Waals surface area contributed by atoms with Crippen LogP contribution in [-0.2, 0) is 0 Å². The Morgan fingerprint density at radius 3 is 2.00 bits per heavy atom. The SMILES string of the molecule is Cc1ccc(-c2nn(-c3nc(C(F)F)cc(C4CC4)n3)c(-c3ccc(C)cc3)c2C)cc1. The fourth-order valence-corrected chi connectivity index (χ4v) is 3.94. The Bertz CT molecular complexity index is 1250. The molecule has 0 amide bonds. The number of halogens is 2. The molecule has 162 valence electrons. The van der Waals surface area contributed by atoms with Gasteiger partial charge in [-0.15, -0.1) is 0 Å². The van der Waals surface area contributed by atoms with E-state index in [2.05, 4.69) is 9.97 Å². The normalized spacial score (nSPS) is 13.7. The van der Waals surface area contributed by atoms with E-state index in [1.165, 1.54) is 6.07 Å². The monoisotopic (exact) mass is 430 g/mol. The van der Waals surface area contributed by atoms with Crippen molar-refractivity contribution in [2.45, 2.75) is 46.0 Å². The molecule has 2 aromatic heterocycles. The third-order valence-electron chi connectivity index (χ3n) is 5.93. The van der Waals surface area contributed by atoms with Gasteiger partial charge in [0.1, 0.15) is 5.69 Å². The van der Waals surface area contributed by atoms with E-state index in [1.54, 1.807) is 4.68 Å². The highest BCUT2D eigenvalue weighted by Gasteiger charge is 2.29. The van der Waals surface area contributed by atoms with Gasteiger partial charge in [0.15, 0.2) is 0 Å². The Balaban J connectivity index is 1.75. The Morgan fingerprint density at radius 1 is 0.844 bits per heavy atom. The van der Waals surface area contributed by atoms with Crippen LogP contribution in [0.5, 0.6) is 0 Å². The van der Waals surface area contributed by atoms with Gasteiger partial charge in [-0.2, -0.15) is 9.78 Å². The largest absolute Gasteiger partial charge is 0.280 e. The first-order valence-corrected chi connectivity index (χ1v) is 10.8. The summed E-state index contributed by atoms with van der Waals surface area (Å²) in [4.78, 5) is 8.89. The summed E-state index contributed by atoms with van der Waals surface area (Å²) in [6.45, 7) is 6.07. The number of rotatable bonds is 5. The number of hydrogen-bond acceptors (Lipinski definition) is 3. The van der Waals surface area contributed by atoms with Crippen LogP contribution < -0.4 is 0 Å². The van der Waals surface area contributed by atoms with Gasteiger partial charge >= 0.3 is 0 Å². The van der Waals surface area contributed by atoms with Gasteiger partial charge in [0.2, 0.25) is 0 Å². The summed E-state index contributed by atoms with van der Waals surface area (Å²) in [6, 6.07) is 17.7. The Morgan fingerprint density at radius 2 is 1.44 bits per heavy atom. The molecule has 2 aromatic carbocycles. The van der Waals surface area contributed by atoms with Crippen molar-refractivity contribution in [2.75, 3.05) is 0 Å². The van der Waals surface area contributed by atoms with Gasteiger partial charge in [0.25, 0.3) is 12.4 Å². The molecule has 6 heteroatoms. The van der Waals surface area contributed by atoms with E-state index in [0.717, 1.165) is 52.0 Å². The maximum atomic E-state index is 13.7. The van der Waals surface area contributed by atoms with E-state index in [4.69, 9.17) is 5.10 Å². The zero-order chi connectivity index (χ0) is 22.4. The molecular formula is C26H24F2N4. The quantitative estimate of drug-likeness (QED) is 0.352. The molecule has 0 radical (unpaired) electrons. The molecule has 0 spiro atoms. The number of aromatic nitrogens is 4. The zero-order valence-corrected chi connectivity index (χ0v) is 18.3. The Kier molecular flexibility index (Phi) is 5.08. The molecule has 4 aromatic rings. The second-order valence-electron chi connectivity index (χ2n) is 8.56. The van der Waals surface area contributed by atoms with Crippen LogP contribution in [0.3, 0.4) is 0 Å². The maximum absolute atomic E-state index is 13.7. The lowest BCUT2D eigenvalue weighted by molar-refractivity contribution is 0.145. The van der Waals surface area contributed by atoms with Crippen LogP contribution in [0.4, 0.5) is 8.78 Å². The summed E-state index contributed by atoms with van der Waals surface area (Å²) in [6.07, 6.45) is -0.724. The molecular weight excluding hydrogens is 406 g/mol. The summed E-state index contributed by atoms with van der Waals surface area (Å²) >= 11 is 0. The molecule has 32 heavy (non-hydrogen) atoms. The molecule has 0 saturated heterocycles. The molecule has 2 heterocycles. The van der Waals surface area contributed by atoms with Crippen molar-refractivity contribution in [2.24, 2.45) is 0 Å². The smallest absolute Gasteiger partial charge is 0.216 e. The van der Waals surface area contributed by atoms with E-state index in [0.29, 0.717) is 5.69 Å². The van der Waals surface area contributed by atoms with Crippen molar-refractivity contribution in [3.05, 3.63) is 82.7 Å². The maximum Gasteiger partial charge on any atom is 0.280 e. The summed E-state index contributed by atoms with van der Waals surface area (Å²) < 4.78 is 29.0. The van der Waals surface area contributed by atoms with Gasteiger partial charge in [-0.25, -0.2) is 18.7 Å². The molecule has 5 rings (SSSR count). The van der Waals surface area contributed by atoms with Crippen molar-refractivity contribution in [3.63, 3.8) is 0 Å². The van der Waals surface area contributed by atoms with Gasteiger partial charge in [-0.05, 0) is 39.7 Å². The molecule has 4 nitrogen and oxygen atoms in total. The lowest BCUT2D eigenvalue weighted by atomic mass is 10.0. The standard InChI is InChI=1S/C26H24F2N4/c1-15-4-8-19(9-5-15)23-17(3)24(20-10-6-16(2)7-11-20)32(31-23)26-29-21(18-12-13-18)14-22(30-26)25(27)28/h4-11,14,18,25H,12-13H2,1-3H3. The van der Waals surface area contributed by atoms with Crippen LogP contribution >= 0.6 is 0 Å². The van der Waals surface area contributed by atoms with Crippen LogP contribution in [-0.4, -0.2) is 19.7 Å². The lowest BCUT2D eigenvalue weighted by Gasteiger charge is -2.11. The summed E-state index contributed by atoms with van der Waals surface area (Å²) in [7, 11) is 0. The van der Waals surface area contributed by atoms with E-state index in [9.17, 15) is 8.78 Å². The van der Waals surface area contributed by atoms with E-state index in [1.807, 2.05) is 69.3 Å². The van der Waals surface area contributed by atoms with Gasteiger partial charge in [0.05, 0.1) is 11.4 Å². The van der Waals surface area contributed by atoms with E-state index >= 15 is 0 Å². The highest BCUT2D eigenvalue weighted by Crippen LogP contribution is 2.40. The average Bonchev–Trinajstić information content (AvgIpc) is 3.58. The first-order valence-electron chi connectivity index (χ1n) is 10.8. The topological polar surface area (TPSA) is 43.6 Å². The summed E-state index contributed by atoms with van der Waals surface area (Å²) in [5.74, 6) is 0.423. The van der Waals surface area contributed by atoms with Crippen LogP contribution in [0.1, 0.15) is 53.3 Å². The predicted molar refractivity (Wildman–Crippen MR) is 121 cm³/mol. The minimum atomic E-state index is -2.66. The van der Waals surface area contributed by atoms with Crippen LogP contribution in [0, 0.1) is 20.8 Å². The van der Waals surface area contributed by atoms with Crippen LogP contribution in [0.25, 0.3) is 28.5 Å². The van der Waals surface area contributed by atoms with Gasteiger partial charge in [-0.3, -0.25) is 0 Å². The first-order chi connectivity index (χ1) is 15.4. The van der Waals surface area contributed by atoms with Crippen molar-refractivity contribution < 1.29 is 8.78 Å². The molecule has 1 saturated carbocycles. The minimum Gasteiger partial charge on any atom is -0.216 e. The zero-order valence-electron chi connectivity index (χ0n) is 18.3. The summed E-state index contributed by atoms with van der Waals surface area (Å²) in [5.41, 5.74) is 7.19. The fourth-order valence-electron chi connectivity index (χ4n) is 3.94. The number of nitrogens with zero attached hydrogens (tertiary/aromatic N) is 4. The molecule has 0 N–H and O–H groups in total. The van der Waals surface area contributed by atoms with E-state index in [-0.39, 0.29) is 17.6 Å². The molecule has 0 aliphatic heterocycles. The molecule has 1 aliphatic rings. The van der Waals surface area contributed by atoms with Gasteiger partial charge in [-0.1, -0.05) is 59.7 Å². The van der Waals surface area contributed by atoms with Crippen molar-refractivity contribution in [1.29, 1.82) is 0 Å². The van der Waals surface area contributed by atoms with Crippen molar-refractivity contribution in [1.82, 2.24) is 19.7 Å². The average molecular weight is 431 g/mol. The summed E-state index contributed by atoms with van der Waals surface area (Å²) in [5, 5.41) is 4.85. The van der Waals surface area contributed by atoms with Gasteiger partial charge < -0.3 is 0 Å². The second-order valence-corrected chi connectivity index (χ2v) is 8.56. The third-order valence-corrected chi connectivity index (χ3v) is 5.93. The van der Waals surface area contributed by atoms with E-state index < -0.39 is 6.43 Å². The van der Waals surface area contributed by atoms with Crippen molar-refractivity contribution >= 4 is 0 Å². The van der Waals surface area contributed by atoms with Crippen LogP contribution in [0.15, 0.2) is 54.6 Å². The van der Waals surface area contributed by atoms with Crippen molar-refractivity contribution in [3.8, 4) is 28.5 Å². The van der Waals surface area contributed by atoms with Crippen LogP contribution in [0.2, 0.25) is 0 Å². The highest BCUT2D eigenvalue weighted by atomic mass is 19.3. The third kappa shape index (κ3) is 3.81. The molecule has 0 unspecified atom stereocenters. The predicted octanol–water partition coefficient (Wildman–Crippen LogP) is 6.74. The molecule has 1 aliphatic carbocycles. The molecule has 1 fully saturated rings. The number of aryl methyl sites for hydroxylation is 2. The second kappa shape index (κ2) is 7.93.